The average Bonchev–Trinajstić information content (AvgIpc) is 3.03. The highest BCUT2D eigenvalue weighted by Crippen LogP contribution is 2.15. The molecule has 22 heavy (non-hydrogen) atoms. The molecule has 5 heteroatoms. The number of aromatic nitrogens is 1. The van der Waals surface area contributed by atoms with E-state index in [4.69, 9.17) is 0 Å². The van der Waals surface area contributed by atoms with Crippen molar-refractivity contribution in [2.24, 2.45) is 0 Å². The summed E-state index contributed by atoms with van der Waals surface area (Å²) in [5, 5.41) is 9.02. The van der Waals surface area contributed by atoms with Crippen LogP contribution in [0.15, 0.2) is 47.4 Å². The number of amides is 1. The normalized spacial score (nSPS) is 14.5. The Morgan fingerprint density at radius 1 is 1.32 bits per heavy atom. The van der Waals surface area contributed by atoms with Crippen molar-refractivity contribution in [1.29, 1.82) is 0 Å². The first-order valence-electron chi connectivity index (χ1n) is 7.46. The molecule has 0 aliphatic carbocycles. The molecule has 0 saturated carbocycles. The van der Waals surface area contributed by atoms with Crippen LogP contribution in [0, 0.1) is 0 Å². The maximum absolute atomic E-state index is 12.1. The lowest BCUT2D eigenvalue weighted by molar-refractivity contribution is 0.0952. The topological polar surface area (TPSA) is 54.0 Å². The van der Waals surface area contributed by atoms with Crippen LogP contribution in [0.5, 0.6) is 0 Å². The van der Waals surface area contributed by atoms with Gasteiger partial charge in [-0.15, -0.1) is 11.3 Å². The SMILES string of the molecule is O=C(NCC1=CCNCC1)c1csc(Cc2ccccc2)n1. The Morgan fingerprint density at radius 2 is 2.18 bits per heavy atom. The second-order valence-electron chi connectivity index (χ2n) is 5.29. The van der Waals surface area contributed by atoms with Crippen LogP contribution < -0.4 is 10.6 Å². The Hall–Kier alpha value is -1.98. The molecule has 1 amide bonds. The van der Waals surface area contributed by atoms with Crippen LogP contribution in [0.1, 0.15) is 27.5 Å². The molecule has 2 aromatic rings. The highest BCUT2D eigenvalue weighted by Gasteiger charge is 2.12. The van der Waals surface area contributed by atoms with Crippen molar-refractivity contribution >= 4 is 17.2 Å². The lowest BCUT2D eigenvalue weighted by Gasteiger charge is -2.14. The molecule has 0 radical (unpaired) electrons. The van der Waals surface area contributed by atoms with Crippen molar-refractivity contribution in [1.82, 2.24) is 15.6 Å². The summed E-state index contributed by atoms with van der Waals surface area (Å²) in [7, 11) is 0. The molecule has 1 aliphatic heterocycles. The van der Waals surface area contributed by atoms with E-state index in [-0.39, 0.29) is 5.91 Å². The van der Waals surface area contributed by atoms with Crippen LogP contribution in [0.2, 0.25) is 0 Å². The van der Waals surface area contributed by atoms with Crippen LogP contribution in [0.4, 0.5) is 0 Å². The van der Waals surface area contributed by atoms with Crippen molar-refractivity contribution in [2.45, 2.75) is 12.8 Å². The fourth-order valence-electron chi connectivity index (χ4n) is 2.38. The molecule has 1 aliphatic rings. The summed E-state index contributed by atoms with van der Waals surface area (Å²) in [6, 6.07) is 10.2. The van der Waals surface area contributed by atoms with Gasteiger partial charge in [0, 0.05) is 24.9 Å². The van der Waals surface area contributed by atoms with Crippen molar-refractivity contribution < 1.29 is 4.79 Å². The van der Waals surface area contributed by atoms with Gasteiger partial charge in [0.25, 0.3) is 5.91 Å². The third-order valence-corrected chi connectivity index (χ3v) is 4.47. The van der Waals surface area contributed by atoms with Gasteiger partial charge < -0.3 is 10.6 Å². The number of thiazole rings is 1. The first kappa shape index (κ1) is 14.9. The lowest BCUT2D eigenvalue weighted by atomic mass is 10.1. The van der Waals surface area contributed by atoms with Gasteiger partial charge in [0.2, 0.25) is 0 Å². The van der Waals surface area contributed by atoms with Gasteiger partial charge in [-0.1, -0.05) is 42.0 Å². The van der Waals surface area contributed by atoms with Gasteiger partial charge in [-0.2, -0.15) is 0 Å². The van der Waals surface area contributed by atoms with E-state index in [1.165, 1.54) is 22.5 Å². The summed E-state index contributed by atoms with van der Waals surface area (Å²) in [6.45, 7) is 2.49. The number of carbonyl (C=O) groups excluding carboxylic acids is 1. The van der Waals surface area contributed by atoms with Crippen molar-refractivity contribution in [3.8, 4) is 0 Å². The predicted molar refractivity (Wildman–Crippen MR) is 89.3 cm³/mol. The molecule has 0 fully saturated rings. The van der Waals surface area contributed by atoms with Crippen LogP contribution in [-0.4, -0.2) is 30.5 Å². The fraction of sp³-hybridized carbons (Fsp3) is 0.294. The first-order valence-corrected chi connectivity index (χ1v) is 8.34. The van der Waals surface area contributed by atoms with Crippen LogP contribution in [-0.2, 0) is 6.42 Å². The molecule has 2 N–H and O–H groups in total. The van der Waals surface area contributed by atoms with E-state index in [1.54, 1.807) is 0 Å². The fourth-order valence-corrected chi connectivity index (χ4v) is 3.19. The number of nitrogens with one attached hydrogen (secondary N) is 2. The molecule has 3 rings (SSSR count). The molecular weight excluding hydrogens is 294 g/mol. The van der Waals surface area contributed by atoms with Crippen molar-refractivity contribution in [2.75, 3.05) is 19.6 Å². The Morgan fingerprint density at radius 3 is 2.95 bits per heavy atom. The summed E-state index contributed by atoms with van der Waals surface area (Å²) >= 11 is 1.54. The summed E-state index contributed by atoms with van der Waals surface area (Å²) in [5.74, 6) is -0.0880. The van der Waals surface area contributed by atoms with Gasteiger partial charge in [0.05, 0.1) is 5.01 Å². The van der Waals surface area contributed by atoms with Crippen LogP contribution in [0.25, 0.3) is 0 Å². The van der Waals surface area contributed by atoms with Gasteiger partial charge in [0.15, 0.2) is 0 Å². The molecular formula is C17H19N3OS. The van der Waals surface area contributed by atoms with E-state index in [2.05, 4.69) is 33.8 Å². The van der Waals surface area contributed by atoms with E-state index in [0.29, 0.717) is 12.2 Å². The van der Waals surface area contributed by atoms with E-state index < -0.39 is 0 Å². The molecule has 0 saturated heterocycles. The molecule has 0 spiro atoms. The maximum Gasteiger partial charge on any atom is 0.271 e. The number of hydrogen-bond donors (Lipinski definition) is 2. The monoisotopic (exact) mass is 313 g/mol. The quantitative estimate of drug-likeness (QED) is 0.833. The molecule has 1 aromatic heterocycles. The minimum Gasteiger partial charge on any atom is -0.347 e. The highest BCUT2D eigenvalue weighted by molar-refractivity contribution is 7.09. The Kier molecular flexibility index (Phi) is 4.98. The second kappa shape index (κ2) is 7.33. The van der Waals surface area contributed by atoms with E-state index >= 15 is 0 Å². The summed E-state index contributed by atoms with van der Waals surface area (Å²) in [4.78, 5) is 16.6. The number of hydrogen-bond acceptors (Lipinski definition) is 4. The minimum atomic E-state index is -0.0880. The Bertz CT molecular complexity index is 664. The standard InChI is InChI=1S/C17H19N3OS/c21-17(19-11-14-6-8-18-9-7-14)15-12-22-16(20-15)10-13-4-2-1-3-5-13/h1-6,12,18H,7-11H2,(H,19,21). The number of benzene rings is 1. The zero-order valence-corrected chi connectivity index (χ0v) is 13.2. The van der Waals surface area contributed by atoms with Crippen molar-refractivity contribution in [3.63, 3.8) is 0 Å². The maximum atomic E-state index is 12.1. The minimum absolute atomic E-state index is 0.0880. The molecule has 2 heterocycles. The number of carbonyl (C=O) groups is 1. The van der Waals surface area contributed by atoms with Crippen molar-refractivity contribution in [3.05, 3.63) is 63.6 Å². The summed E-state index contributed by atoms with van der Waals surface area (Å²) in [5.41, 5.74) is 3.01. The summed E-state index contributed by atoms with van der Waals surface area (Å²) in [6.07, 6.45) is 3.91. The molecule has 1 aromatic carbocycles. The van der Waals surface area contributed by atoms with Gasteiger partial charge in [0.1, 0.15) is 5.69 Å². The zero-order chi connectivity index (χ0) is 15.2. The Balaban J connectivity index is 1.56. The van der Waals surface area contributed by atoms with Gasteiger partial charge in [-0.25, -0.2) is 4.98 Å². The third-order valence-electron chi connectivity index (χ3n) is 3.62. The van der Waals surface area contributed by atoms with Gasteiger partial charge in [-0.3, -0.25) is 4.79 Å². The third kappa shape index (κ3) is 4.02. The first-order chi connectivity index (χ1) is 10.8. The zero-order valence-electron chi connectivity index (χ0n) is 12.3. The molecule has 0 unspecified atom stereocenters. The van der Waals surface area contributed by atoms with Crippen LogP contribution >= 0.6 is 11.3 Å². The predicted octanol–water partition coefficient (Wildman–Crippen LogP) is 2.38. The highest BCUT2D eigenvalue weighted by atomic mass is 32.1. The average molecular weight is 313 g/mol. The van der Waals surface area contributed by atoms with E-state index in [0.717, 1.165) is 30.9 Å². The molecule has 0 atom stereocenters. The Labute approximate surface area is 134 Å². The number of rotatable bonds is 5. The smallest absolute Gasteiger partial charge is 0.271 e. The molecule has 4 nitrogen and oxygen atoms in total. The van der Waals surface area contributed by atoms with Gasteiger partial charge in [-0.05, 0) is 18.5 Å². The largest absolute Gasteiger partial charge is 0.347 e. The van der Waals surface area contributed by atoms with Crippen LogP contribution in [0.3, 0.4) is 0 Å². The molecule has 114 valence electrons. The number of nitrogens with zero attached hydrogens (tertiary/aromatic N) is 1. The second-order valence-corrected chi connectivity index (χ2v) is 6.23. The lowest BCUT2D eigenvalue weighted by Crippen LogP contribution is -2.29. The molecule has 0 bridgehead atoms. The van der Waals surface area contributed by atoms with E-state index in [9.17, 15) is 4.79 Å². The van der Waals surface area contributed by atoms with Gasteiger partial charge >= 0.3 is 0 Å². The summed E-state index contributed by atoms with van der Waals surface area (Å²) < 4.78 is 0. The van der Waals surface area contributed by atoms with E-state index in [1.807, 2.05) is 23.6 Å².